The number of ketones is 1. The Labute approximate surface area is 102 Å². The molecular formula is C14H18N2O. The number of amidine groups is 1. The van der Waals surface area contributed by atoms with Crippen LogP contribution in [0.15, 0.2) is 35.3 Å². The van der Waals surface area contributed by atoms with E-state index in [2.05, 4.69) is 4.99 Å². The molecule has 1 heterocycles. The Morgan fingerprint density at radius 3 is 2.71 bits per heavy atom. The SMILES string of the molecule is CN(CC(=O)c1ccccc1)C1=NCCCC1. The van der Waals surface area contributed by atoms with E-state index in [9.17, 15) is 4.79 Å². The molecule has 0 N–H and O–H groups in total. The third-order valence-corrected chi connectivity index (χ3v) is 3.02. The van der Waals surface area contributed by atoms with Crippen molar-refractivity contribution >= 4 is 11.6 Å². The number of hydrogen-bond donors (Lipinski definition) is 0. The summed E-state index contributed by atoms with van der Waals surface area (Å²) in [5, 5.41) is 0. The number of aliphatic imine (C=N–C) groups is 1. The van der Waals surface area contributed by atoms with Crippen LogP contribution in [-0.4, -0.2) is 36.7 Å². The van der Waals surface area contributed by atoms with E-state index in [1.807, 2.05) is 42.3 Å². The quantitative estimate of drug-likeness (QED) is 0.747. The number of hydrogen-bond acceptors (Lipinski definition) is 3. The molecule has 1 aliphatic heterocycles. The summed E-state index contributed by atoms with van der Waals surface area (Å²) in [6.45, 7) is 1.32. The molecule has 0 fully saturated rings. The molecular weight excluding hydrogens is 212 g/mol. The van der Waals surface area contributed by atoms with Gasteiger partial charge in [0, 0.05) is 25.6 Å². The van der Waals surface area contributed by atoms with Crippen molar-refractivity contribution in [1.29, 1.82) is 0 Å². The second kappa shape index (κ2) is 5.62. The molecule has 0 unspecified atom stereocenters. The minimum atomic E-state index is 0.154. The zero-order chi connectivity index (χ0) is 12.1. The fourth-order valence-electron chi connectivity index (χ4n) is 2.02. The summed E-state index contributed by atoms with van der Waals surface area (Å²) in [5.74, 6) is 1.22. The Bertz CT molecular complexity index is 411. The van der Waals surface area contributed by atoms with Crippen molar-refractivity contribution in [1.82, 2.24) is 4.90 Å². The predicted octanol–water partition coefficient (Wildman–Crippen LogP) is 2.38. The lowest BCUT2D eigenvalue weighted by Crippen LogP contribution is -2.33. The van der Waals surface area contributed by atoms with Crippen LogP contribution in [0.1, 0.15) is 29.6 Å². The average Bonchev–Trinajstić information content (AvgIpc) is 2.40. The van der Waals surface area contributed by atoms with Crippen LogP contribution < -0.4 is 0 Å². The van der Waals surface area contributed by atoms with Gasteiger partial charge in [-0.3, -0.25) is 9.79 Å². The van der Waals surface area contributed by atoms with Gasteiger partial charge in [0.2, 0.25) is 0 Å². The van der Waals surface area contributed by atoms with Crippen LogP contribution in [0.25, 0.3) is 0 Å². The molecule has 0 bridgehead atoms. The smallest absolute Gasteiger partial charge is 0.182 e. The van der Waals surface area contributed by atoms with Gasteiger partial charge < -0.3 is 4.90 Å². The summed E-state index contributed by atoms with van der Waals surface area (Å²) in [6.07, 6.45) is 3.35. The van der Waals surface area contributed by atoms with Crippen molar-refractivity contribution in [2.75, 3.05) is 20.1 Å². The lowest BCUT2D eigenvalue weighted by molar-refractivity contribution is 0.0969. The largest absolute Gasteiger partial charge is 0.356 e. The molecule has 17 heavy (non-hydrogen) atoms. The molecule has 1 aliphatic rings. The monoisotopic (exact) mass is 230 g/mol. The van der Waals surface area contributed by atoms with E-state index in [0.717, 1.165) is 24.4 Å². The molecule has 0 saturated heterocycles. The molecule has 3 nitrogen and oxygen atoms in total. The highest BCUT2D eigenvalue weighted by atomic mass is 16.1. The van der Waals surface area contributed by atoms with Crippen LogP contribution in [0.4, 0.5) is 0 Å². The van der Waals surface area contributed by atoms with E-state index in [1.54, 1.807) is 0 Å². The Hall–Kier alpha value is -1.64. The number of carbonyl (C=O) groups is 1. The third kappa shape index (κ3) is 3.16. The van der Waals surface area contributed by atoms with Crippen molar-refractivity contribution < 1.29 is 4.79 Å². The van der Waals surface area contributed by atoms with Crippen molar-refractivity contribution in [3.63, 3.8) is 0 Å². The third-order valence-electron chi connectivity index (χ3n) is 3.02. The van der Waals surface area contributed by atoms with Gasteiger partial charge in [-0.15, -0.1) is 0 Å². The highest BCUT2D eigenvalue weighted by molar-refractivity contribution is 5.99. The highest BCUT2D eigenvalue weighted by Gasteiger charge is 2.14. The number of Topliss-reactive ketones (excluding diaryl/α,β-unsaturated/α-hetero) is 1. The van der Waals surface area contributed by atoms with Crippen LogP contribution >= 0.6 is 0 Å². The lowest BCUT2D eigenvalue weighted by atomic mass is 10.1. The summed E-state index contributed by atoms with van der Waals surface area (Å²) in [6, 6.07) is 9.43. The lowest BCUT2D eigenvalue weighted by Gasteiger charge is -2.23. The van der Waals surface area contributed by atoms with Gasteiger partial charge in [0.1, 0.15) is 0 Å². The number of nitrogens with zero attached hydrogens (tertiary/aromatic N) is 2. The number of benzene rings is 1. The van der Waals surface area contributed by atoms with Crippen molar-refractivity contribution in [2.45, 2.75) is 19.3 Å². The molecule has 3 heteroatoms. The summed E-state index contributed by atoms with van der Waals surface area (Å²) >= 11 is 0. The second-order valence-corrected chi connectivity index (χ2v) is 4.40. The van der Waals surface area contributed by atoms with E-state index in [-0.39, 0.29) is 5.78 Å². The average molecular weight is 230 g/mol. The van der Waals surface area contributed by atoms with Gasteiger partial charge in [-0.1, -0.05) is 30.3 Å². The van der Waals surface area contributed by atoms with Crippen LogP contribution in [-0.2, 0) is 0 Å². The Morgan fingerprint density at radius 1 is 1.29 bits per heavy atom. The molecule has 0 saturated carbocycles. The van der Waals surface area contributed by atoms with Gasteiger partial charge in [-0.25, -0.2) is 0 Å². The Balaban J connectivity index is 1.97. The standard InChI is InChI=1S/C14H18N2O/c1-16(14-9-5-6-10-15-14)11-13(17)12-7-3-2-4-8-12/h2-4,7-8H,5-6,9-11H2,1H3. The minimum Gasteiger partial charge on any atom is -0.356 e. The fourth-order valence-corrected chi connectivity index (χ4v) is 2.02. The first-order valence-electron chi connectivity index (χ1n) is 6.10. The summed E-state index contributed by atoms with van der Waals surface area (Å²) in [4.78, 5) is 18.4. The van der Waals surface area contributed by atoms with Gasteiger partial charge in [0.15, 0.2) is 5.78 Å². The maximum absolute atomic E-state index is 12.0. The van der Waals surface area contributed by atoms with Crippen molar-refractivity contribution in [3.8, 4) is 0 Å². The molecule has 0 spiro atoms. The van der Waals surface area contributed by atoms with E-state index in [4.69, 9.17) is 0 Å². The second-order valence-electron chi connectivity index (χ2n) is 4.40. The summed E-state index contributed by atoms with van der Waals surface area (Å²) in [5.41, 5.74) is 0.774. The molecule has 90 valence electrons. The van der Waals surface area contributed by atoms with E-state index < -0.39 is 0 Å². The number of carbonyl (C=O) groups excluding carboxylic acids is 1. The molecule has 2 rings (SSSR count). The van der Waals surface area contributed by atoms with Crippen LogP contribution in [0.5, 0.6) is 0 Å². The van der Waals surface area contributed by atoms with E-state index in [0.29, 0.717) is 6.54 Å². The highest BCUT2D eigenvalue weighted by Crippen LogP contribution is 2.09. The topological polar surface area (TPSA) is 32.7 Å². The van der Waals surface area contributed by atoms with Crippen molar-refractivity contribution in [3.05, 3.63) is 35.9 Å². The summed E-state index contributed by atoms with van der Waals surface area (Å²) < 4.78 is 0. The maximum atomic E-state index is 12.0. The van der Waals surface area contributed by atoms with Crippen LogP contribution in [0.3, 0.4) is 0 Å². The van der Waals surface area contributed by atoms with Gasteiger partial charge in [0.05, 0.1) is 12.4 Å². The molecule has 0 aromatic heterocycles. The van der Waals surface area contributed by atoms with E-state index in [1.165, 1.54) is 12.8 Å². The zero-order valence-electron chi connectivity index (χ0n) is 10.2. The molecule has 0 amide bonds. The zero-order valence-corrected chi connectivity index (χ0v) is 10.2. The predicted molar refractivity (Wildman–Crippen MR) is 69.6 cm³/mol. The van der Waals surface area contributed by atoms with Crippen LogP contribution in [0.2, 0.25) is 0 Å². The molecule has 0 atom stereocenters. The Kier molecular flexibility index (Phi) is 3.91. The van der Waals surface area contributed by atoms with Gasteiger partial charge in [-0.05, 0) is 12.8 Å². The van der Waals surface area contributed by atoms with Gasteiger partial charge >= 0.3 is 0 Å². The van der Waals surface area contributed by atoms with E-state index >= 15 is 0 Å². The normalized spacial score (nSPS) is 15.2. The van der Waals surface area contributed by atoms with Gasteiger partial charge in [-0.2, -0.15) is 0 Å². The number of rotatable bonds is 3. The minimum absolute atomic E-state index is 0.154. The number of likely N-dealkylation sites (N-methyl/N-ethyl adjacent to an activating group) is 1. The van der Waals surface area contributed by atoms with Gasteiger partial charge in [0.25, 0.3) is 0 Å². The molecule has 0 aliphatic carbocycles. The first-order valence-corrected chi connectivity index (χ1v) is 6.10. The maximum Gasteiger partial charge on any atom is 0.182 e. The molecule has 1 aromatic carbocycles. The molecule has 0 radical (unpaired) electrons. The fraction of sp³-hybridized carbons (Fsp3) is 0.429. The first kappa shape index (κ1) is 11.8. The first-order chi connectivity index (χ1) is 8.27. The Morgan fingerprint density at radius 2 is 2.06 bits per heavy atom. The van der Waals surface area contributed by atoms with Crippen molar-refractivity contribution in [2.24, 2.45) is 4.99 Å². The summed E-state index contributed by atoms with van der Waals surface area (Å²) in [7, 11) is 1.95. The van der Waals surface area contributed by atoms with Crippen LogP contribution in [0, 0.1) is 0 Å². The molecule has 1 aromatic rings.